The molecule has 1 unspecified atom stereocenters. The molecule has 1 N–H and O–H groups in total. The van der Waals surface area contributed by atoms with Crippen LogP contribution in [0.4, 0.5) is 0 Å². The minimum Gasteiger partial charge on any atom is -0.481 e. The first-order chi connectivity index (χ1) is 6.50. The largest absolute Gasteiger partial charge is 0.481 e. The minimum absolute atomic E-state index is 0.309. The van der Waals surface area contributed by atoms with Gasteiger partial charge in [-0.25, -0.2) is 0 Å². The van der Waals surface area contributed by atoms with Gasteiger partial charge in [-0.05, 0) is 31.4 Å². The average molecular weight is 192 g/mol. The van der Waals surface area contributed by atoms with E-state index < -0.39 is 5.97 Å². The van der Waals surface area contributed by atoms with Gasteiger partial charge in [0.15, 0.2) is 0 Å². The standard InChI is InChI=1S/C12H16O2/c1-8-4-5-11(9(2)6-8)7-10(3)12(13)14/h4-6,10H,7H2,1-3H3,(H,13,14). The summed E-state index contributed by atoms with van der Waals surface area (Å²) in [6.07, 6.45) is 0.613. The molecular weight excluding hydrogens is 176 g/mol. The van der Waals surface area contributed by atoms with Crippen molar-refractivity contribution in [1.29, 1.82) is 0 Å². The molecule has 0 fully saturated rings. The van der Waals surface area contributed by atoms with E-state index in [2.05, 4.69) is 6.07 Å². The summed E-state index contributed by atoms with van der Waals surface area (Å²) in [5, 5.41) is 8.79. The van der Waals surface area contributed by atoms with Crippen LogP contribution in [0.15, 0.2) is 18.2 Å². The van der Waals surface area contributed by atoms with Crippen molar-refractivity contribution in [2.45, 2.75) is 27.2 Å². The van der Waals surface area contributed by atoms with Crippen molar-refractivity contribution in [2.75, 3.05) is 0 Å². The Bertz CT molecular complexity index is 342. The Balaban J connectivity index is 2.82. The fraction of sp³-hybridized carbons (Fsp3) is 0.417. The molecule has 1 rings (SSSR count). The summed E-state index contributed by atoms with van der Waals surface area (Å²) in [5.74, 6) is -1.04. The molecule has 0 amide bonds. The number of carboxylic acids is 1. The molecule has 0 spiro atoms. The van der Waals surface area contributed by atoms with Crippen LogP contribution in [0.5, 0.6) is 0 Å². The maximum atomic E-state index is 10.7. The van der Waals surface area contributed by atoms with Gasteiger partial charge in [-0.3, -0.25) is 4.79 Å². The molecule has 0 radical (unpaired) electrons. The molecule has 0 saturated carbocycles. The number of carbonyl (C=O) groups is 1. The van der Waals surface area contributed by atoms with Crippen LogP contribution in [0, 0.1) is 19.8 Å². The SMILES string of the molecule is Cc1ccc(CC(C)C(=O)O)c(C)c1. The summed E-state index contributed by atoms with van der Waals surface area (Å²) in [6.45, 7) is 5.80. The van der Waals surface area contributed by atoms with Crippen LogP contribution in [0.25, 0.3) is 0 Å². The predicted molar refractivity (Wildman–Crippen MR) is 56.4 cm³/mol. The zero-order valence-corrected chi connectivity index (χ0v) is 8.87. The summed E-state index contributed by atoms with van der Waals surface area (Å²) in [4.78, 5) is 10.7. The minimum atomic E-state index is -0.732. The molecule has 0 heterocycles. The predicted octanol–water partition coefficient (Wildman–Crippen LogP) is 2.57. The van der Waals surface area contributed by atoms with E-state index in [1.165, 1.54) is 11.1 Å². The van der Waals surface area contributed by atoms with Crippen LogP contribution in [0.3, 0.4) is 0 Å². The topological polar surface area (TPSA) is 37.3 Å². The van der Waals surface area contributed by atoms with E-state index in [9.17, 15) is 4.79 Å². The van der Waals surface area contributed by atoms with E-state index >= 15 is 0 Å². The quantitative estimate of drug-likeness (QED) is 0.799. The van der Waals surface area contributed by atoms with Gasteiger partial charge in [0.25, 0.3) is 0 Å². The highest BCUT2D eigenvalue weighted by atomic mass is 16.4. The smallest absolute Gasteiger partial charge is 0.306 e. The fourth-order valence-corrected chi connectivity index (χ4v) is 1.49. The molecule has 0 aliphatic heterocycles. The molecule has 1 aromatic carbocycles. The monoisotopic (exact) mass is 192 g/mol. The summed E-state index contributed by atoms with van der Waals surface area (Å²) in [6, 6.07) is 6.13. The Labute approximate surface area is 84.6 Å². The Hall–Kier alpha value is -1.31. The molecule has 1 aromatic rings. The van der Waals surface area contributed by atoms with E-state index in [0.717, 1.165) is 5.56 Å². The lowest BCUT2D eigenvalue weighted by molar-refractivity contribution is -0.141. The molecule has 0 bridgehead atoms. The van der Waals surface area contributed by atoms with Crippen molar-refractivity contribution in [2.24, 2.45) is 5.92 Å². The second-order valence-corrected chi connectivity index (χ2v) is 3.87. The fourth-order valence-electron chi connectivity index (χ4n) is 1.49. The van der Waals surface area contributed by atoms with Crippen LogP contribution < -0.4 is 0 Å². The molecule has 1 atom stereocenters. The summed E-state index contributed by atoms with van der Waals surface area (Å²) >= 11 is 0. The molecule has 0 saturated heterocycles. The number of aryl methyl sites for hydroxylation is 2. The Morgan fingerprint density at radius 2 is 2.07 bits per heavy atom. The number of benzene rings is 1. The molecule has 0 aliphatic carbocycles. The van der Waals surface area contributed by atoms with Gasteiger partial charge in [-0.15, -0.1) is 0 Å². The summed E-state index contributed by atoms with van der Waals surface area (Å²) in [7, 11) is 0. The molecule has 0 aromatic heterocycles. The van der Waals surface area contributed by atoms with Crippen molar-refractivity contribution >= 4 is 5.97 Å². The molecule has 2 heteroatoms. The van der Waals surface area contributed by atoms with E-state index in [1.807, 2.05) is 26.0 Å². The van der Waals surface area contributed by atoms with Crippen molar-refractivity contribution in [3.8, 4) is 0 Å². The number of rotatable bonds is 3. The molecule has 2 nitrogen and oxygen atoms in total. The normalized spacial score (nSPS) is 12.5. The van der Waals surface area contributed by atoms with E-state index in [1.54, 1.807) is 6.92 Å². The zero-order chi connectivity index (χ0) is 10.7. The number of hydrogen-bond acceptors (Lipinski definition) is 1. The number of carboxylic acid groups (broad SMARTS) is 1. The van der Waals surface area contributed by atoms with Crippen LogP contribution in [-0.4, -0.2) is 11.1 Å². The molecular formula is C12H16O2. The van der Waals surface area contributed by atoms with Gasteiger partial charge >= 0.3 is 5.97 Å². The van der Waals surface area contributed by atoms with Gasteiger partial charge in [0.2, 0.25) is 0 Å². The second kappa shape index (κ2) is 4.27. The average Bonchev–Trinajstić information content (AvgIpc) is 2.09. The van der Waals surface area contributed by atoms with Gasteiger partial charge in [-0.1, -0.05) is 30.7 Å². The third-order valence-corrected chi connectivity index (χ3v) is 2.45. The lowest BCUT2D eigenvalue weighted by Gasteiger charge is -2.09. The van der Waals surface area contributed by atoms with Gasteiger partial charge in [0.05, 0.1) is 5.92 Å². The lowest BCUT2D eigenvalue weighted by Crippen LogP contribution is -2.12. The third kappa shape index (κ3) is 2.59. The zero-order valence-electron chi connectivity index (χ0n) is 8.87. The first kappa shape index (κ1) is 10.8. The third-order valence-electron chi connectivity index (χ3n) is 2.45. The van der Waals surface area contributed by atoms with Crippen LogP contribution >= 0.6 is 0 Å². The van der Waals surface area contributed by atoms with Gasteiger partial charge in [0.1, 0.15) is 0 Å². The van der Waals surface area contributed by atoms with E-state index in [0.29, 0.717) is 6.42 Å². The Morgan fingerprint density at radius 1 is 1.43 bits per heavy atom. The van der Waals surface area contributed by atoms with Crippen molar-refractivity contribution < 1.29 is 9.90 Å². The number of hydrogen-bond donors (Lipinski definition) is 1. The first-order valence-corrected chi connectivity index (χ1v) is 4.79. The van der Waals surface area contributed by atoms with Crippen molar-refractivity contribution in [3.63, 3.8) is 0 Å². The maximum Gasteiger partial charge on any atom is 0.306 e. The Kier molecular flexibility index (Phi) is 3.28. The van der Waals surface area contributed by atoms with Gasteiger partial charge < -0.3 is 5.11 Å². The van der Waals surface area contributed by atoms with Crippen LogP contribution in [0.2, 0.25) is 0 Å². The highest BCUT2D eigenvalue weighted by molar-refractivity contribution is 5.70. The van der Waals surface area contributed by atoms with Gasteiger partial charge in [0, 0.05) is 0 Å². The molecule has 0 aliphatic rings. The maximum absolute atomic E-state index is 10.7. The lowest BCUT2D eigenvalue weighted by atomic mass is 9.96. The first-order valence-electron chi connectivity index (χ1n) is 4.79. The van der Waals surface area contributed by atoms with E-state index in [4.69, 9.17) is 5.11 Å². The van der Waals surface area contributed by atoms with Gasteiger partial charge in [-0.2, -0.15) is 0 Å². The summed E-state index contributed by atoms with van der Waals surface area (Å²) in [5.41, 5.74) is 3.53. The second-order valence-electron chi connectivity index (χ2n) is 3.87. The van der Waals surface area contributed by atoms with E-state index in [-0.39, 0.29) is 5.92 Å². The van der Waals surface area contributed by atoms with Crippen LogP contribution in [-0.2, 0) is 11.2 Å². The highest BCUT2D eigenvalue weighted by Crippen LogP contribution is 2.15. The highest BCUT2D eigenvalue weighted by Gasteiger charge is 2.12. The number of aliphatic carboxylic acids is 1. The Morgan fingerprint density at radius 3 is 2.57 bits per heavy atom. The van der Waals surface area contributed by atoms with Crippen molar-refractivity contribution in [1.82, 2.24) is 0 Å². The molecule has 76 valence electrons. The summed E-state index contributed by atoms with van der Waals surface area (Å²) < 4.78 is 0. The molecule has 14 heavy (non-hydrogen) atoms. The van der Waals surface area contributed by atoms with Crippen LogP contribution in [0.1, 0.15) is 23.6 Å². The van der Waals surface area contributed by atoms with Crippen molar-refractivity contribution in [3.05, 3.63) is 34.9 Å².